The summed E-state index contributed by atoms with van der Waals surface area (Å²) in [6, 6.07) is 0. The third-order valence-electron chi connectivity index (χ3n) is 2.68. The predicted molar refractivity (Wildman–Crippen MR) is 60.8 cm³/mol. The van der Waals surface area contributed by atoms with Crippen molar-refractivity contribution in [1.82, 2.24) is 20.2 Å². The van der Waals surface area contributed by atoms with Crippen molar-refractivity contribution in [1.29, 1.82) is 0 Å². The van der Waals surface area contributed by atoms with Gasteiger partial charge in [0.2, 0.25) is 5.91 Å². The third-order valence-corrected chi connectivity index (χ3v) is 2.68. The summed E-state index contributed by atoms with van der Waals surface area (Å²) in [5, 5.41) is 6.02. The van der Waals surface area contributed by atoms with Gasteiger partial charge in [-0.15, -0.1) is 0 Å². The van der Waals surface area contributed by atoms with E-state index in [1.165, 1.54) is 12.8 Å². The van der Waals surface area contributed by atoms with Crippen molar-refractivity contribution >= 4 is 5.91 Å². The lowest BCUT2D eigenvalue weighted by atomic mass is 10.4. The first kappa shape index (κ1) is 11.1. The van der Waals surface area contributed by atoms with Crippen LogP contribution in [0.5, 0.6) is 0 Å². The van der Waals surface area contributed by atoms with Gasteiger partial charge in [-0.1, -0.05) is 0 Å². The maximum atomic E-state index is 11.3. The van der Waals surface area contributed by atoms with E-state index in [-0.39, 0.29) is 5.91 Å². The Labute approximate surface area is 95.2 Å². The summed E-state index contributed by atoms with van der Waals surface area (Å²) < 4.78 is 1.98. The van der Waals surface area contributed by atoms with Crippen LogP contribution in [0.25, 0.3) is 0 Å². The number of hydrogen-bond donors (Lipinski definition) is 2. The normalized spacial score (nSPS) is 15.0. The highest BCUT2D eigenvalue weighted by atomic mass is 16.1. The maximum Gasteiger partial charge on any atom is 0.233 e. The van der Waals surface area contributed by atoms with Gasteiger partial charge in [0.15, 0.2) is 0 Å². The zero-order valence-corrected chi connectivity index (χ0v) is 9.35. The molecule has 0 aromatic carbocycles. The van der Waals surface area contributed by atoms with Gasteiger partial charge < -0.3 is 15.2 Å². The van der Waals surface area contributed by atoms with Crippen molar-refractivity contribution in [3.63, 3.8) is 0 Å². The largest absolute Gasteiger partial charge is 0.355 e. The SMILES string of the molecule is O=C(CNCCn1ccnc1)NCC1CC1. The Morgan fingerprint density at radius 2 is 2.38 bits per heavy atom. The minimum Gasteiger partial charge on any atom is -0.355 e. The molecule has 0 aliphatic heterocycles. The van der Waals surface area contributed by atoms with Crippen molar-refractivity contribution in [3.8, 4) is 0 Å². The first-order valence-corrected chi connectivity index (χ1v) is 5.78. The smallest absolute Gasteiger partial charge is 0.233 e. The topological polar surface area (TPSA) is 59.0 Å². The summed E-state index contributed by atoms with van der Waals surface area (Å²) in [6.45, 7) is 2.88. The average Bonchev–Trinajstić information content (AvgIpc) is 2.97. The minimum atomic E-state index is 0.0949. The number of carbonyl (C=O) groups excluding carboxylic acids is 1. The highest BCUT2D eigenvalue weighted by molar-refractivity contribution is 5.77. The van der Waals surface area contributed by atoms with Crippen LogP contribution < -0.4 is 10.6 Å². The third kappa shape index (κ3) is 4.02. The number of aromatic nitrogens is 2. The molecule has 1 aliphatic rings. The van der Waals surface area contributed by atoms with E-state index in [0.717, 1.165) is 25.6 Å². The molecule has 0 radical (unpaired) electrons. The average molecular weight is 222 g/mol. The monoisotopic (exact) mass is 222 g/mol. The van der Waals surface area contributed by atoms with Gasteiger partial charge in [-0.25, -0.2) is 4.98 Å². The molecule has 1 fully saturated rings. The molecule has 88 valence electrons. The first-order valence-electron chi connectivity index (χ1n) is 5.78. The van der Waals surface area contributed by atoms with Gasteiger partial charge in [0.05, 0.1) is 12.9 Å². The van der Waals surface area contributed by atoms with Crippen LogP contribution in [0.15, 0.2) is 18.7 Å². The first-order chi connectivity index (χ1) is 7.84. The molecule has 1 amide bonds. The number of nitrogens with zero attached hydrogens (tertiary/aromatic N) is 2. The van der Waals surface area contributed by atoms with E-state index in [2.05, 4.69) is 15.6 Å². The Morgan fingerprint density at radius 1 is 1.50 bits per heavy atom. The molecule has 2 rings (SSSR count). The molecular formula is C11H18N4O. The fourth-order valence-corrected chi connectivity index (χ4v) is 1.47. The van der Waals surface area contributed by atoms with Crippen LogP contribution in [0.4, 0.5) is 0 Å². The second kappa shape index (κ2) is 5.65. The maximum absolute atomic E-state index is 11.3. The molecule has 0 atom stereocenters. The Kier molecular flexibility index (Phi) is 3.93. The van der Waals surface area contributed by atoms with E-state index in [9.17, 15) is 4.79 Å². The highest BCUT2D eigenvalue weighted by Gasteiger charge is 2.21. The van der Waals surface area contributed by atoms with Crippen LogP contribution in [-0.4, -0.2) is 35.1 Å². The number of rotatable bonds is 7. The van der Waals surface area contributed by atoms with Gasteiger partial charge in [0.1, 0.15) is 0 Å². The van der Waals surface area contributed by atoms with Gasteiger partial charge in [-0.2, -0.15) is 0 Å². The van der Waals surface area contributed by atoms with E-state index in [1.54, 1.807) is 12.5 Å². The second-order valence-corrected chi connectivity index (χ2v) is 4.22. The van der Waals surface area contributed by atoms with Crippen LogP contribution in [0.1, 0.15) is 12.8 Å². The van der Waals surface area contributed by atoms with Crippen LogP contribution in [0.2, 0.25) is 0 Å². The predicted octanol–water partition coefficient (Wildman–Crippen LogP) is -0.00110. The summed E-state index contributed by atoms with van der Waals surface area (Å²) >= 11 is 0. The summed E-state index contributed by atoms with van der Waals surface area (Å²) in [6.07, 6.45) is 7.98. The van der Waals surface area contributed by atoms with Crippen molar-refractivity contribution in [3.05, 3.63) is 18.7 Å². The summed E-state index contributed by atoms with van der Waals surface area (Å²) in [7, 11) is 0. The van der Waals surface area contributed by atoms with Crippen molar-refractivity contribution in [2.24, 2.45) is 5.92 Å². The standard InChI is InChI=1S/C11H18N4O/c16-11(14-7-10-1-2-10)8-12-3-5-15-6-4-13-9-15/h4,6,9-10,12H,1-3,5,7-8H2,(H,14,16). The number of carbonyl (C=O) groups is 1. The molecule has 1 heterocycles. The van der Waals surface area contributed by atoms with Gasteiger partial charge in [0.25, 0.3) is 0 Å². The van der Waals surface area contributed by atoms with E-state index in [4.69, 9.17) is 0 Å². The van der Waals surface area contributed by atoms with Crippen molar-refractivity contribution < 1.29 is 4.79 Å². The lowest BCUT2D eigenvalue weighted by Crippen LogP contribution is -2.36. The lowest BCUT2D eigenvalue weighted by molar-refractivity contribution is -0.120. The van der Waals surface area contributed by atoms with Crippen LogP contribution in [0.3, 0.4) is 0 Å². The number of hydrogen-bond acceptors (Lipinski definition) is 3. The van der Waals surface area contributed by atoms with Crippen LogP contribution >= 0.6 is 0 Å². The molecule has 2 N–H and O–H groups in total. The quantitative estimate of drug-likeness (QED) is 0.638. The molecule has 16 heavy (non-hydrogen) atoms. The van der Waals surface area contributed by atoms with Gasteiger partial charge >= 0.3 is 0 Å². The summed E-state index contributed by atoms with van der Waals surface area (Å²) in [4.78, 5) is 15.3. The Balaban J connectivity index is 1.48. The summed E-state index contributed by atoms with van der Waals surface area (Å²) in [5.41, 5.74) is 0. The van der Waals surface area contributed by atoms with Crippen molar-refractivity contribution in [2.45, 2.75) is 19.4 Å². The lowest BCUT2D eigenvalue weighted by Gasteiger charge is -2.06. The zero-order chi connectivity index (χ0) is 11.2. The molecule has 5 heteroatoms. The van der Waals surface area contributed by atoms with E-state index in [1.807, 2.05) is 10.8 Å². The van der Waals surface area contributed by atoms with Crippen LogP contribution in [-0.2, 0) is 11.3 Å². The molecular weight excluding hydrogens is 204 g/mol. The molecule has 0 bridgehead atoms. The number of imidazole rings is 1. The Bertz CT molecular complexity index is 319. The molecule has 0 unspecified atom stereocenters. The molecule has 0 spiro atoms. The molecule has 1 saturated carbocycles. The Morgan fingerprint density at radius 3 is 3.06 bits per heavy atom. The minimum absolute atomic E-state index is 0.0949. The Hall–Kier alpha value is -1.36. The van der Waals surface area contributed by atoms with Gasteiger partial charge in [-0.3, -0.25) is 4.79 Å². The zero-order valence-electron chi connectivity index (χ0n) is 9.35. The molecule has 0 saturated heterocycles. The molecule has 1 aliphatic carbocycles. The highest BCUT2D eigenvalue weighted by Crippen LogP contribution is 2.27. The van der Waals surface area contributed by atoms with Gasteiger partial charge in [0, 0.05) is 32.0 Å². The summed E-state index contributed by atoms with van der Waals surface area (Å²) in [5.74, 6) is 0.840. The fourth-order valence-electron chi connectivity index (χ4n) is 1.47. The van der Waals surface area contributed by atoms with E-state index < -0.39 is 0 Å². The van der Waals surface area contributed by atoms with E-state index >= 15 is 0 Å². The number of nitrogens with one attached hydrogen (secondary N) is 2. The second-order valence-electron chi connectivity index (χ2n) is 4.22. The molecule has 5 nitrogen and oxygen atoms in total. The molecule has 1 aromatic heterocycles. The van der Waals surface area contributed by atoms with Gasteiger partial charge in [-0.05, 0) is 18.8 Å². The fraction of sp³-hybridized carbons (Fsp3) is 0.636. The van der Waals surface area contributed by atoms with Crippen LogP contribution in [0, 0.1) is 5.92 Å². The molecule has 1 aromatic rings. The van der Waals surface area contributed by atoms with Crippen molar-refractivity contribution in [2.75, 3.05) is 19.6 Å². The van der Waals surface area contributed by atoms with E-state index in [0.29, 0.717) is 6.54 Å². The number of amides is 1.